The topological polar surface area (TPSA) is 49.9 Å². The lowest BCUT2D eigenvalue weighted by molar-refractivity contribution is -0.130. The third-order valence-corrected chi connectivity index (χ3v) is 4.32. The van der Waals surface area contributed by atoms with E-state index in [1.54, 1.807) is 0 Å². The fourth-order valence-electron chi connectivity index (χ4n) is 3.32. The molecular formula is C20H19NO2. The second kappa shape index (κ2) is 6.21. The quantitative estimate of drug-likeness (QED) is 0.722. The summed E-state index contributed by atoms with van der Waals surface area (Å²) >= 11 is 0. The van der Waals surface area contributed by atoms with Gasteiger partial charge in [0, 0.05) is 23.0 Å². The Kier molecular flexibility index (Phi) is 4.11. The normalized spacial score (nSPS) is 12.5. The van der Waals surface area contributed by atoms with E-state index in [0.29, 0.717) is 0 Å². The maximum atomic E-state index is 12.2. The predicted molar refractivity (Wildman–Crippen MR) is 91.4 cm³/mol. The van der Waals surface area contributed by atoms with E-state index in [1.165, 1.54) is 13.8 Å². The molecular weight excluding hydrogens is 286 g/mol. The van der Waals surface area contributed by atoms with Crippen molar-refractivity contribution in [1.82, 2.24) is 4.98 Å². The van der Waals surface area contributed by atoms with Crippen molar-refractivity contribution in [3.05, 3.63) is 71.9 Å². The van der Waals surface area contributed by atoms with Crippen LogP contribution in [-0.2, 0) is 9.59 Å². The van der Waals surface area contributed by atoms with Gasteiger partial charge >= 0.3 is 0 Å². The lowest BCUT2D eigenvalue weighted by Crippen LogP contribution is -2.27. The summed E-state index contributed by atoms with van der Waals surface area (Å²) in [7, 11) is 0. The third kappa shape index (κ3) is 2.82. The summed E-state index contributed by atoms with van der Waals surface area (Å²) in [5, 5.41) is 1.05. The maximum absolute atomic E-state index is 12.2. The van der Waals surface area contributed by atoms with Crippen LogP contribution in [0.5, 0.6) is 0 Å². The van der Waals surface area contributed by atoms with Crippen LogP contribution in [-0.4, -0.2) is 16.6 Å². The Hall–Kier alpha value is -2.68. The van der Waals surface area contributed by atoms with Gasteiger partial charge in [0.05, 0.1) is 5.92 Å². The Morgan fingerprint density at radius 1 is 0.870 bits per heavy atom. The highest BCUT2D eigenvalue weighted by Crippen LogP contribution is 2.37. The molecule has 3 heteroatoms. The van der Waals surface area contributed by atoms with E-state index in [1.807, 2.05) is 60.8 Å². The molecule has 0 spiro atoms. The van der Waals surface area contributed by atoms with Gasteiger partial charge < -0.3 is 4.98 Å². The standard InChI is InChI=1S/C20H19NO2/c1-13(22)19(14(2)23)20(15-8-4-3-5-9-15)17-12-21-18-11-7-6-10-16(17)18/h3-12,19-21H,1-2H3. The van der Waals surface area contributed by atoms with Crippen LogP contribution in [0.15, 0.2) is 60.8 Å². The lowest BCUT2D eigenvalue weighted by Gasteiger charge is -2.23. The van der Waals surface area contributed by atoms with Crippen molar-refractivity contribution in [2.45, 2.75) is 19.8 Å². The van der Waals surface area contributed by atoms with Crippen LogP contribution in [0.1, 0.15) is 30.9 Å². The number of benzene rings is 2. The van der Waals surface area contributed by atoms with Crippen LogP contribution >= 0.6 is 0 Å². The molecule has 23 heavy (non-hydrogen) atoms. The Morgan fingerprint density at radius 3 is 2.13 bits per heavy atom. The van der Waals surface area contributed by atoms with Gasteiger partial charge in [-0.05, 0) is 31.0 Å². The first-order chi connectivity index (χ1) is 11.1. The van der Waals surface area contributed by atoms with Crippen molar-refractivity contribution in [3.8, 4) is 0 Å². The fourth-order valence-corrected chi connectivity index (χ4v) is 3.32. The second-order valence-electron chi connectivity index (χ2n) is 5.88. The Morgan fingerprint density at radius 2 is 1.48 bits per heavy atom. The zero-order valence-corrected chi connectivity index (χ0v) is 13.2. The highest BCUT2D eigenvalue weighted by molar-refractivity contribution is 6.02. The highest BCUT2D eigenvalue weighted by atomic mass is 16.1. The Balaban J connectivity index is 2.23. The van der Waals surface area contributed by atoms with Crippen molar-refractivity contribution >= 4 is 22.5 Å². The molecule has 0 bridgehead atoms. The Labute approximate surface area is 135 Å². The van der Waals surface area contributed by atoms with Gasteiger partial charge in [-0.25, -0.2) is 0 Å². The average Bonchev–Trinajstić information content (AvgIpc) is 2.96. The van der Waals surface area contributed by atoms with Crippen molar-refractivity contribution in [3.63, 3.8) is 0 Å². The van der Waals surface area contributed by atoms with Gasteiger partial charge in [-0.1, -0.05) is 48.5 Å². The molecule has 1 unspecified atom stereocenters. The van der Waals surface area contributed by atoms with Crippen molar-refractivity contribution in [1.29, 1.82) is 0 Å². The first kappa shape index (κ1) is 15.2. The summed E-state index contributed by atoms with van der Waals surface area (Å²) in [5.74, 6) is -1.15. The minimum absolute atomic E-state index is 0.100. The van der Waals surface area contributed by atoms with Gasteiger partial charge in [0.25, 0.3) is 0 Å². The maximum Gasteiger partial charge on any atom is 0.141 e. The molecule has 0 saturated heterocycles. The minimum atomic E-state index is -0.670. The van der Waals surface area contributed by atoms with Crippen LogP contribution in [0.2, 0.25) is 0 Å². The molecule has 0 amide bonds. The van der Waals surface area contributed by atoms with Crippen LogP contribution < -0.4 is 0 Å². The smallest absolute Gasteiger partial charge is 0.141 e. The molecule has 3 rings (SSSR count). The molecule has 2 aromatic carbocycles. The number of para-hydroxylation sites is 1. The van der Waals surface area contributed by atoms with E-state index in [4.69, 9.17) is 0 Å². The first-order valence-corrected chi connectivity index (χ1v) is 7.71. The highest BCUT2D eigenvalue weighted by Gasteiger charge is 2.33. The number of H-pyrrole nitrogens is 1. The number of hydrogen-bond donors (Lipinski definition) is 1. The minimum Gasteiger partial charge on any atom is -0.361 e. The number of aromatic amines is 1. The molecule has 0 saturated carbocycles. The molecule has 1 atom stereocenters. The Bertz CT molecular complexity index is 834. The zero-order valence-electron chi connectivity index (χ0n) is 13.2. The molecule has 0 aliphatic carbocycles. The molecule has 116 valence electrons. The number of carbonyl (C=O) groups is 2. The van der Waals surface area contributed by atoms with E-state index in [0.717, 1.165) is 22.0 Å². The van der Waals surface area contributed by atoms with Crippen molar-refractivity contribution in [2.24, 2.45) is 5.92 Å². The molecule has 1 aromatic heterocycles. The number of rotatable bonds is 5. The number of carbonyl (C=O) groups excluding carboxylic acids is 2. The molecule has 1 N–H and O–H groups in total. The molecule has 3 aromatic rings. The van der Waals surface area contributed by atoms with Gasteiger partial charge in [-0.3, -0.25) is 9.59 Å². The molecule has 0 aliphatic heterocycles. The predicted octanol–water partition coefficient (Wildman–Crippen LogP) is 4.09. The zero-order chi connectivity index (χ0) is 16.4. The lowest BCUT2D eigenvalue weighted by atomic mass is 9.77. The molecule has 0 fully saturated rings. The van der Waals surface area contributed by atoms with Gasteiger partial charge in [0.1, 0.15) is 11.6 Å². The van der Waals surface area contributed by atoms with Gasteiger partial charge in [-0.15, -0.1) is 0 Å². The summed E-state index contributed by atoms with van der Waals surface area (Å²) in [4.78, 5) is 27.6. The van der Waals surface area contributed by atoms with E-state index in [9.17, 15) is 9.59 Å². The van der Waals surface area contributed by atoms with E-state index in [2.05, 4.69) is 4.98 Å². The number of hydrogen-bond acceptors (Lipinski definition) is 2. The van der Waals surface area contributed by atoms with Crippen LogP contribution in [0.25, 0.3) is 10.9 Å². The summed E-state index contributed by atoms with van der Waals surface area (Å²) in [6.45, 7) is 2.99. The number of nitrogens with one attached hydrogen (secondary N) is 1. The monoisotopic (exact) mass is 305 g/mol. The van der Waals surface area contributed by atoms with Gasteiger partial charge in [-0.2, -0.15) is 0 Å². The van der Waals surface area contributed by atoms with E-state index in [-0.39, 0.29) is 17.5 Å². The van der Waals surface area contributed by atoms with E-state index >= 15 is 0 Å². The number of ketones is 2. The SMILES string of the molecule is CC(=O)C(C(C)=O)C(c1ccccc1)c1c[nH]c2ccccc12. The third-order valence-electron chi connectivity index (χ3n) is 4.32. The van der Waals surface area contributed by atoms with Crippen LogP contribution in [0.3, 0.4) is 0 Å². The van der Waals surface area contributed by atoms with Gasteiger partial charge in [0.2, 0.25) is 0 Å². The van der Waals surface area contributed by atoms with Crippen LogP contribution in [0, 0.1) is 5.92 Å². The van der Waals surface area contributed by atoms with Gasteiger partial charge in [0.15, 0.2) is 0 Å². The summed E-state index contributed by atoms with van der Waals surface area (Å²) in [5.41, 5.74) is 2.98. The average molecular weight is 305 g/mol. The largest absolute Gasteiger partial charge is 0.361 e. The van der Waals surface area contributed by atoms with Crippen molar-refractivity contribution < 1.29 is 9.59 Å². The van der Waals surface area contributed by atoms with E-state index < -0.39 is 5.92 Å². The second-order valence-corrected chi connectivity index (χ2v) is 5.88. The number of Topliss-reactive ketones (excluding diaryl/α,β-unsaturated/α-hetero) is 2. The molecule has 1 heterocycles. The van der Waals surface area contributed by atoms with Crippen molar-refractivity contribution in [2.75, 3.05) is 0 Å². The van der Waals surface area contributed by atoms with Crippen LogP contribution in [0.4, 0.5) is 0 Å². The number of fused-ring (bicyclic) bond motifs is 1. The number of aromatic nitrogens is 1. The summed E-state index contributed by atoms with van der Waals surface area (Å²) < 4.78 is 0. The molecule has 0 radical (unpaired) electrons. The molecule has 0 aliphatic rings. The first-order valence-electron chi connectivity index (χ1n) is 7.71. The summed E-state index contributed by atoms with van der Waals surface area (Å²) in [6.07, 6.45) is 1.92. The summed E-state index contributed by atoms with van der Waals surface area (Å²) in [6, 6.07) is 17.7. The molecule has 3 nitrogen and oxygen atoms in total. The fraction of sp³-hybridized carbons (Fsp3) is 0.200.